The average molecular weight is 405 g/mol. The highest BCUT2D eigenvalue weighted by Gasteiger charge is 2.36. The zero-order valence-corrected chi connectivity index (χ0v) is 17.0. The first-order valence-corrected chi connectivity index (χ1v) is 10.2. The van der Waals surface area contributed by atoms with E-state index in [9.17, 15) is 13.2 Å². The van der Waals surface area contributed by atoms with Crippen molar-refractivity contribution in [3.8, 4) is 11.5 Å². The molecule has 0 saturated heterocycles. The Bertz CT molecular complexity index is 1000. The molecule has 1 heterocycles. The largest absolute Gasteiger partial charge is 0.497 e. The fourth-order valence-corrected chi connectivity index (χ4v) is 4.49. The molecule has 0 aliphatic carbocycles. The second-order valence-electron chi connectivity index (χ2n) is 7.16. The molecule has 0 amide bonds. The van der Waals surface area contributed by atoms with E-state index in [1.54, 1.807) is 25.3 Å². The molecule has 2 aromatic rings. The summed E-state index contributed by atoms with van der Waals surface area (Å²) in [5.41, 5.74) is 0.314. The Labute approximate surface area is 164 Å². The van der Waals surface area contributed by atoms with Gasteiger partial charge in [0.1, 0.15) is 17.1 Å². The maximum absolute atomic E-state index is 13.0. The van der Waals surface area contributed by atoms with Gasteiger partial charge in [-0.3, -0.25) is 0 Å². The van der Waals surface area contributed by atoms with Gasteiger partial charge in [-0.1, -0.05) is 6.07 Å². The van der Waals surface area contributed by atoms with Crippen LogP contribution in [0.15, 0.2) is 47.4 Å². The van der Waals surface area contributed by atoms with Gasteiger partial charge in [0.25, 0.3) is 0 Å². The molecular weight excluding hydrogens is 382 g/mol. The molecule has 0 saturated carbocycles. The van der Waals surface area contributed by atoms with Gasteiger partial charge < -0.3 is 14.2 Å². The zero-order chi connectivity index (χ0) is 20.5. The molecule has 0 unspecified atom stereocenters. The van der Waals surface area contributed by atoms with Crippen LogP contribution in [0.4, 0.5) is 0 Å². The van der Waals surface area contributed by atoms with Crippen molar-refractivity contribution in [1.82, 2.24) is 4.72 Å². The molecule has 0 spiro atoms. The van der Waals surface area contributed by atoms with Crippen molar-refractivity contribution >= 4 is 16.0 Å². The molecular formula is C20H23NO6S. The molecule has 150 valence electrons. The van der Waals surface area contributed by atoms with Gasteiger partial charge in [-0.15, -0.1) is 0 Å². The van der Waals surface area contributed by atoms with Crippen LogP contribution in [-0.4, -0.2) is 34.2 Å². The van der Waals surface area contributed by atoms with Crippen molar-refractivity contribution in [1.29, 1.82) is 0 Å². The SMILES string of the molecule is COC(=O)c1cccc(S(=O)(=O)N[C@H]2CC(C)(C)Oc3ccc(OC)cc32)c1. The normalized spacial score (nSPS) is 17.9. The highest BCUT2D eigenvalue weighted by molar-refractivity contribution is 7.89. The molecule has 3 rings (SSSR count). The van der Waals surface area contributed by atoms with Gasteiger partial charge >= 0.3 is 5.97 Å². The third kappa shape index (κ3) is 4.13. The maximum atomic E-state index is 13.0. The number of carbonyl (C=O) groups is 1. The highest BCUT2D eigenvalue weighted by atomic mass is 32.2. The van der Waals surface area contributed by atoms with Gasteiger partial charge in [0.2, 0.25) is 10.0 Å². The Hall–Kier alpha value is -2.58. The Kier molecular flexibility index (Phi) is 5.36. The Morgan fingerprint density at radius 3 is 2.61 bits per heavy atom. The zero-order valence-electron chi connectivity index (χ0n) is 16.2. The van der Waals surface area contributed by atoms with Gasteiger partial charge in [0, 0.05) is 12.0 Å². The van der Waals surface area contributed by atoms with Crippen LogP contribution in [0.1, 0.15) is 42.2 Å². The average Bonchev–Trinajstić information content (AvgIpc) is 2.66. The number of hydrogen-bond acceptors (Lipinski definition) is 6. The second kappa shape index (κ2) is 7.44. The quantitative estimate of drug-likeness (QED) is 0.769. The van der Waals surface area contributed by atoms with Crippen LogP contribution in [0.25, 0.3) is 0 Å². The summed E-state index contributed by atoms with van der Waals surface area (Å²) >= 11 is 0. The first-order valence-electron chi connectivity index (χ1n) is 8.73. The van der Waals surface area contributed by atoms with E-state index in [-0.39, 0.29) is 10.5 Å². The number of fused-ring (bicyclic) bond motifs is 1. The summed E-state index contributed by atoms with van der Waals surface area (Å²) in [7, 11) is -1.10. The lowest BCUT2D eigenvalue weighted by molar-refractivity contribution is 0.0600. The Morgan fingerprint density at radius 2 is 1.93 bits per heavy atom. The van der Waals surface area contributed by atoms with Gasteiger partial charge in [-0.25, -0.2) is 17.9 Å². The smallest absolute Gasteiger partial charge is 0.337 e. The lowest BCUT2D eigenvalue weighted by Gasteiger charge is -2.37. The number of ether oxygens (including phenoxy) is 3. The predicted octanol–water partition coefficient (Wildman–Crippen LogP) is 3.06. The van der Waals surface area contributed by atoms with Gasteiger partial charge in [0.15, 0.2) is 0 Å². The van der Waals surface area contributed by atoms with E-state index in [1.165, 1.54) is 31.4 Å². The first-order chi connectivity index (χ1) is 13.1. The fraction of sp³-hybridized carbons (Fsp3) is 0.350. The summed E-state index contributed by atoms with van der Waals surface area (Å²) in [6, 6.07) is 10.5. The minimum atomic E-state index is -3.89. The monoisotopic (exact) mass is 405 g/mol. The summed E-state index contributed by atoms with van der Waals surface area (Å²) in [6.07, 6.45) is 0.434. The standard InChI is InChI=1S/C20H23NO6S/c1-20(2)12-17(16-11-14(25-3)8-9-18(16)27-20)21-28(23,24)15-7-5-6-13(10-15)19(22)26-4/h5-11,17,21H,12H2,1-4H3/t17-/m0/s1. The number of methoxy groups -OCH3 is 2. The summed E-state index contributed by atoms with van der Waals surface area (Å²) in [4.78, 5) is 11.7. The van der Waals surface area contributed by atoms with Crippen molar-refractivity contribution in [2.24, 2.45) is 0 Å². The van der Waals surface area contributed by atoms with Crippen LogP contribution in [-0.2, 0) is 14.8 Å². The van der Waals surface area contributed by atoms with Crippen molar-refractivity contribution in [3.05, 3.63) is 53.6 Å². The van der Waals surface area contributed by atoms with Gasteiger partial charge in [0.05, 0.1) is 30.7 Å². The van der Waals surface area contributed by atoms with Crippen LogP contribution in [0.2, 0.25) is 0 Å². The van der Waals surface area contributed by atoms with Crippen LogP contribution in [0.3, 0.4) is 0 Å². The minimum absolute atomic E-state index is 0.0101. The summed E-state index contributed by atoms with van der Waals surface area (Å²) in [6.45, 7) is 3.80. The summed E-state index contributed by atoms with van der Waals surface area (Å²) < 4.78 is 44.7. The number of rotatable bonds is 5. The number of sulfonamides is 1. The third-order valence-electron chi connectivity index (χ3n) is 4.54. The van der Waals surface area contributed by atoms with Crippen LogP contribution < -0.4 is 14.2 Å². The number of carbonyl (C=O) groups excluding carboxylic acids is 1. The van der Waals surface area contributed by atoms with Crippen molar-refractivity contribution in [2.75, 3.05) is 14.2 Å². The maximum Gasteiger partial charge on any atom is 0.337 e. The minimum Gasteiger partial charge on any atom is -0.497 e. The third-order valence-corrected chi connectivity index (χ3v) is 6.01. The lowest BCUT2D eigenvalue weighted by Crippen LogP contribution is -2.41. The van der Waals surface area contributed by atoms with E-state index in [4.69, 9.17) is 9.47 Å². The van der Waals surface area contributed by atoms with Crippen molar-refractivity contribution in [3.63, 3.8) is 0 Å². The molecule has 0 fully saturated rings. The van der Waals surface area contributed by atoms with Gasteiger partial charge in [-0.2, -0.15) is 0 Å². The molecule has 7 nitrogen and oxygen atoms in total. The first kappa shape index (κ1) is 20.2. The molecule has 8 heteroatoms. The van der Waals surface area contributed by atoms with Gasteiger partial charge in [-0.05, 0) is 50.2 Å². The second-order valence-corrected chi connectivity index (χ2v) is 8.88. The van der Waals surface area contributed by atoms with E-state index in [0.717, 1.165) is 0 Å². The van der Waals surface area contributed by atoms with E-state index < -0.39 is 27.6 Å². The molecule has 0 aromatic heterocycles. The van der Waals surface area contributed by atoms with Crippen LogP contribution in [0.5, 0.6) is 11.5 Å². The predicted molar refractivity (Wildman–Crippen MR) is 103 cm³/mol. The summed E-state index contributed by atoms with van der Waals surface area (Å²) in [5, 5.41) is 0. The highest BCUT2D eigenvalue weighted by Crippen LogP contribution is 2.41. The van der Waals surface area contributed by atoms with Crippen LogP contribution >= 0.6 is 0 Å². The van der Waals surface area contributed by atoms with E-state index in [2.05, 4.69) is 9.46 Å². The topological polar surface area (TPSA) is 90.9 Å². The molecule has 28 heavy (non-hydrogen) atoms. The molecule has 0 radical (unpaired) electrons. The van der Waals surface area contributed by atoms with Crippen molar-refractivity contribution in [2.45, 2.75) is 36.8 Å². The Morgan fingerprint density at radius 1 is 1.18 bits per heavy atom. The van der Waals surface area contributed by atoms with E-state index >= 15 is 0 Å². The Balaban J connectivity index is 1.97. The molecule has 0 bridgehead atoms. The van der Waals surface area contributed by atoms with E-state index in [0.29, 0.717) is 23.5 Å². The molecule has 1 atom stereocenters. The van der Waals surface area contributed by atoms with E-state index in [1.807, 2.05) is 13.8 Å². The number of benzene rings is 2. The lowest BCUT2D eigenvalue weighted by atomic mass is 9.90. The van der Waals surface area contributed by atoms with Crippen molar-refractivity contribution < 1.29 is 27.4 Å². The molecule has 2 aromatic carbocycles. The van der Waals surface area contributed by atoms with Crippen LogP contribution in [0, 0.1) is 0 Å². The molecule has 1 aliphatic heterocycles. The number of esters is 1. The molecule has 1 aliphatic rings. The number of hydrogen-bond donors (Lipinski definition) is 1. The fourth-order valence-electron chi connectivity index (χ4n) is 3.23. The molecule has 1 N–H and O–H groups in total. The number of nitrogens with one attached hydrogen (secondary N) is 1. The summed E-state index contributed by atoms with van der Waals surface area (Å²) in [5.74, 6) is 0.617.